The first-order valence-electron chi connectivity index (χ1n) is 10.6. The molecule has 2 aliphatic rings. The number of nitrogens with zero attached hydrogens (tertiary/aromatic N) is 3. The van der Waals surface area contributed by atoms with E-state index in [2.05, 4.69) is 9.97 Å². The van der Waals surface area contributed by atoms with Crippen molar-refractivity contribution in [3.8, 4) is 5.75 Å². The number of likely N-dealkylation sites (tertiary alicyclic amines) is 1. The van der Waals surface area contributed by atoms with E-state index in [1.54, 1.807) is 14.0 Å². The Morgan fingerprint density at radius 3 is 2.55 bits per heavy atom. The molecule has 1 aromatic carbocycles. The second-order valence-electron chi connectivity index (χ2n) is 8.25. The average molecular weight is 425 g/mol. The van der Waals surface area contributed by atoms with E-state index in [0.29, 0.717) is 56.2 Å². The Balaban J connectivity index is 1.56. The lowest BCUT2D eigenvalue weighted by molar-refractivity contribution is -0.140. The number of carbonyl (C=O) groups excluding carboxylic acids is 2. The molecule has 0 aliphatic carbocycles. The number of aryl methyl sites for hydroxylation is 1. The van der Waals surface area contributed by atoms with Crippen LogP contribution in [0.25, 0.3) is 0 Å². The van der Waals surface area contributed by atoms with Crippen molar-refractivity contribution in [3.05, 3.63) is 53.1 Å². The van der Waals surface area contributed by atoms with Gasteiger partial charge in [0.2, 0.25) is 5.91 Å². The summed E-state index contributed by atoms with van der Waals surface area (Å²) in [7, 11) is 1.63. The monoisotopic (exact) mass is 424 g/mol. The first kappa shape index (κ1) is 21.2. The van der Waals surface area contributed by atoms with Crippen molar-refractivity contribution in [1.82, 2.24) is 14.9 Å². The van der Waals surface area contributed by atoms with Crippen LogP contribution in [-0.2, 0) is 14.9 Å². The van der Waals surface area contributed by atoms with E-state index in [1.165, 1.54) is 6.20 Å². The number of amides is 2. The lowest BCUT2D eigenvalue weighted by Gasteiger charge is -2.39. The van der Waals surface area contributed by atoms with Crippen molar-refractivity contribution in [3.63, 3.8) is 0 Å². The fourth-order valence-corrected chi connectivity index (χ4v) is 4.64. The summed E-state index contributed by atoms with van der Waals surface area (Å²) in [5, 5.41) is 0. The van der Waals surface area contributed by atoms with Gasteiger partial charge in [-0.2, -0.15) is 0 Å². The van der Waals surface area contributed by atoms with Crippen LogP contribution in [0.4, 0.5) is 0 Å². The molecule has 8 nitrogen and oxygen atoms in total. The molecule has 0 unspecified atom stereocenters. The third-order valence-corrected chi connectivity index (χ3v) is 6.50. The van der Waals surface area contributed by atoms with Crippen molar-refractivity contribution in [2.75, 3.05) is 33.4 Å². The molecule has 3 heterocycles. The molecule has 0 saturated carbocycles. The molecule has 2 N–H and O–H groups in total. The van der Waals surface area contributed by atoms with Crippen molar-refractivity contribution >= 4 is 11.8 Å². The third kappa shape index (κ3) is 3.99. The molecule has 1 aromatic heterocycles. The number of hydrogen-bond acceptors (Lipinski definition) is 6. The molecule has 2 amide bonds. The summed E-state index contributed by atoms with van der Waals surface area (Å²) < 4.78 is 10.9. The number of ether oxygens (including phenoxy) is 2. The van der Waals surface area contributed by atoms with E-state index < -0.39 is 11.3 Å². The fraction of sp³-hybridized carbons (Fsp3) is 0.478. The second-order valence-corrected chi connectivity index (χ2v) is 8.25. The number of hydrogen-bond donors (Lipinski definition) is 1. The van der Waals surface area contributed by atoms with Gasteiger partial charge in [0.25, 0.3) is 5.91 Å². The Morgan fingerprint density at radius 2 is 1.94 bits per heavy atom. The van der Waals surface area contributed by atoms with Crippen LogP contribution < -0.4 is 10.5 Å². The van der Waals surface area contributed by atoms with Gasteiger partial charge in [-0.15, -0.1) is 0 Å². The third-order valence-electron chi connectivity index (χ3n) is 6.50. The van der Waals surface area contributed by atoms with Crippen LogP contribution in [-0.4, -0.2) is 60.1 Å². The molecule has 0 bridgehead atoms. The SMILES string of the molecule is COc1ccc(C2(C(=O)N3CC[C@@H](c4ncc(C(N)=O)c(C)n4)C3)CCOCC2)cc1. The van der Waals surface area contributed by atoms with Gasteiger partial charge < -0.3 is 20.1 Å². The zero-order chi connectivity index (χ0) is 22.0. The van der Waals surface area contributed by atoms with E-state index >= 15 is 0 Å². The first-order valence-corrected chi connectivity index (χ1v) is 10.6. The number of aromatic nitrogens is 2. The minimum Gasteiger partial charge on any atom is -0.497 e. The minimum absolute atomic E-state index is 0.0392. The highest BCUT2D eigenvalue weighted by molar-refractivity contribution is 5.93. The van der Waals surface area contributed by atoms with Gasteiger partial charge in [-0.1, -0.05) is 12.1 Å². The van der Waals surface area contributed by atoms with Crippen LogP contribution in [0.15, 0.2) is 30.5 Å². The first-order chi connectivity index (χ1) is 14.9. The molecule has 1 atom stereocenters. The van der Waals surface area contributed by atoms with Crippen LogP contribution in [0.2, 0.25) is 0 Å². The summed E-state index contributed by atoms with van der Waals surface area (Å²) in [6, 6.07) is 7.79. The van der Waals surface area contributed by atoms with E-state index in [1.807, 2.05) is 29.2 Å². The molecule has 0 spiro atoms. The number of benzene rings is 1. The number of carbonyl (C=O) groups is 2. The normalized spacial score (nSPS) is 20.5. The maximum Gasteiger partial charge on any atom is 0.252 e. The van der Waals surface area contributed by atoms with Gasteiger partial charge in [0.15, 0.2) is 0 Å². The van der Waals surface area contributed by atoms with Gasteiger partial charge >= 0.3 is 0 Å². The smallest absolute Gasteiger partial charge is 0.252 e. The number of rotatable bonds is 5. The number of nitrogens with two attached hydrogens (primary N) is 1. The Kier molecular flexibility index (Phi) is 5.91. The highest BCUT2D eigenvalue weighted by Crippen LogP contribution is 2.39. The molecule has 164 valence electrons. The Morgan fingerprint density at radius 1 is 1.23 bits per heavy atom. The lowest BCUT2D eigenvalue weighted by atomic mass is 9.73. The Hall–Kier alpha value is -3.00. The van der Waals surface area contributed by atoms with Gasteiger partial charge in [-0.3, -0.25) is 9.59 Å². The van der Waals surface area contributed by atoms with E-state index in [4.69, 9.17) is 15.2 Å². The van der Waals surface area contributed by atoms with E-state index in [-0.39, 0.29) is 11.8 Å². The van der Waals surface area contributed by atoms with Gasteiger partial charge in [-0.05, 0) is 43.9 Å². The summed E-state index contributed by atoms with van der Waals surface area (Å²) in [5.41, 5.74) is 6.67. The maximum absolute atomic E-state index is 13.8. The minimum atomic E-state index is -0.591. The fourth-order valence-electron chi connectivity index (χ4n) is 4.64. The summed E-state index contributed by atoms with van der Waals surface area (Å²) in [5.74, 6) is 1.06. The molecule has 2 aromatic rings. The molecular formula is C23H28N4O4. The standard InChI is InChI=1S/C23H28N4O4/c1-15-19(20(24)28)13-25-21(26-15)16-7-10-27(14-16)22(29)23(8-11-31-12-9-23)17-3-5-18(30-2)6-4-17/h3-6,13,16H,7-12,14H2,1-2H3,(H2,24,28)/t16-/m1/s1. The lowest BCUT2D eigenvalue weighted by Crippen LogP contribution is -2.49. The van der Waals surface area contributed by atoms with Gasteiger partial charge in [0.05, 0.1) is 23.8 Å². The van der Waals surface area contributed by atoms with E-state index in [9.17, 15) is 9.59 Å². The van der Waals surface area contributed by atoms with Gasteiger partial charge in [0.1, 0.15) is 11.6 Å². The average Bonchev–Trinajstić information content (AvgIpc) is 3.29. The summed E-state index contributed by atoms with van der Waals surface area (Å²) >= 11 is 0. The van der Waals surface area contributed by atoms with Crippen molar-refractivity contribution < 1.29 is 19.1 Å². The quantitative estimate of drug-likeness (QED) is 0.786. The Labute approximate surface area is 181 Å². The largest absolute Gasteiger partial charge is 0.497 e. The molecule has 2 saturated heterocycles. The van der Waals surface area contributed by atoms with Crippen LogP contribution in [0, 0.1) is 6.92 Å². The number of primary amides is 1. The zero-order valence-electron chi connectivity index (χ0n) is 18.0. The molecule has 2 aliphatic heterocycles. The molecule has 4 rings (SSSR count). The predicted molar refractivity (Wildman–Crippen MR) is 114 cm³/mol. The van der Waals surface area contributed by atoms with Gasteiger partial charge in [0, 0.05) is 38.4 Å². The molecular weight excluding hydrogens is 396 g/mol. The van der Waals surface area contributed by atoms with Crippen LogP contribution in [0.1, 0.15) is 52.6 Å². The Bertz CT molecular complexity index is 970. The molecule has 2 fully saturated rings. The topological polar surface area (TPSA) is 108 Å². The van der Waals surface area contributed by atoms with Crippen LogP contribution in [0.5, 0.6) is 5.75 Å². The van der Waals surface area contributed by atoms with Crippen molar-refractivity contribution in [2.24, 2.45) is 5.73 Å². The highest BCUT2D eigenvalue weighted by Gasteiger charge is 2.45. The highest BCUT2D eigenvalue weighted by atomic mass is 16.5. The predicted octanol–water partition coefficient (Wildman–Crippen LogP) is 1.96. The zero-order valence-corrected chi connectivity index (χ0v) is 18.0. The van der Waals surface area contributed by atoms with Gasteiger partial charge in [-0.25, -0.2) is 9.97 Å². The molecule has 0 radical (unpaired) electrons. The number of methoxy groups -OCH3 is 1. The maximum atomic E-state index is 13.8. The van der Waals surface area contributed by atoms with Crippen molar-refractivity contribution in [1.29, 1.82) is 0 Å². The summed E-state index contributed by atoms with van der Waals surface area (Å²) in [6.07, 6.45) is 3.59. The van der Waals surface area contributed by atoms with Crippen molar-refractivity contribution in [2.45, 2.75) is 37.5 Å². The van der Waals surface area contributed by atoms with E-state index in [0.717, 1.165) is 17.7 Å². The summed E-state index contributed by atoms with van der Waals surface area (Å²) in [6.45, 7) is 4.09. The van der Waals surface area contributed by atoms with Crippen LogP contribution >= 0.6 is 0 Å². The molecule has 31 heavy (non-hydrogen) atoms. The summed E-state index contributed by atoms with van der Waals surface area (Å²) in [4.78, 5) is 36.0. The second kappa shape index (κ2) is 8.63. The molecule has 8 heteroatoms. The van der Waals surface area contributed by atoms with Crippen LogP contribution in [0.3, 0.4) is 0 Å².